The van der Waals surface area contributed by atoms with Gasteiger partial charge >= 0.3 is 6.09 Å². The molecule has 166 valence electrons. The first-order valence-corrected chi connectivity index (χ1v) is 10.5. The highest BCUT2D eigenvalue weighted by Gasteiger charge is 2.16. The van der Waals surface area contributed by atoms with Crippen molar-refractivity contribution in [1.29, 1.82) is 0 Å². The minimum Gasteiger partial charge on any atom is -0.444 e. The number of likely N-dealkylation sites (tertiary alicyclic amines) is 1. The zero-order valence-corrected chi connectivity index (χ0v) is 20.8. The number of amides is 1. The summed E-state index contributed by atoms with van der Waals surface area (Å²) >= 11 is 0. The number of carbonyl (C=O) groups excluding carboxylic acids is 1. The third kappa shape index (κ3) is 14.3. The van der Waals surface area contributed by atoms with Crippen molar-refractivity contribution in [2.75, 3.05) is 45.8 Å². The van der Waals surface area contributed by atoms with E-state index in [0.29, 0.717) is 13.1 Å². The largest absolute Gasteiger partial charge is 0.444 e. The van der Waals surface area contributed by atoms with Gasteiger partial charge in [0.2, 0.25) is 0 Å². The van der Waals surface area contributed by atoms with E-state index in [4.69, 9.17) is 4.74 Å². The second-order valence-corrected chi connectivity index (χ2v) is 8.37. The van der Waals surface area contributed by atoms with E-state index in [1.54, 1.807) is 0 Å². The van der Waals surface area contributed by atoms with Gasteiger partial charge in [0.1, 0.15) is 5.60 Å². The van der Waals surface area contributed by atoms with Gasteiger partial charge in [-0.15, -0.1) is 24.0 Å². The summed E-state index contributed by atoms with van der Waals surface area (Å²) in [5.41, 5.74) is -0.472. The summed E-state index contributed by atoms with van der Waals surface area (Å²) in [6.45, 7) is 16.4. The van der Waals surface area contributed by atoms with Gasteiger partial charge in [0.15, 0.2) is 5.96 Å². The Morgan fingerprint density at radius 3 is 2.54 bits per heavy atom. The Kier molecular flexibility index (Phi) is 14.7. The Bertz CT molecular complexity index is 454. The topological polar surface area (TPSA) is 78.0 Å². The standard InChI is InChI=1S/C20H41N5O2.HI/c1-6-21-18(23-12-13-24-19(26)27-20(3,4)5)22-11-7-8-14-25-15-9-10-17(2)16-25;/h17H,6-16H2,1-5H3,(H,24,26)(H2,21,22,23);1H. The molecule has 0 aromatic carbocycles. The van der Waals surface area contributed by atoms with Crippen LogP contribution in [0.15, 0.2) is 4.99 Å². The maximum atomic E-state index is 11.6. The predicted octanol–water partition coefficient (Wildman–Crippen LogP) is 3.20. The first-order valence-electron chi connectivity index (χ1n) is 10.5. The van der Waals surface area contributed by atoms with Crippen molar-refractivity contribution in [3.05, 3.63) is 0 Å². The van der Waals surface area contributed by atoms with E-state index in [9.17, 15) is 4.79 Å². The van der Waals surface area contributed by atoms with Crippen molar-refractivity contribution in [2.45, 2.75) is 65.9 Å². The highest BCUT2D eigenvalue weighted by molar-refractivity contribution is 14.0. The average molecular weight is 511 g/mol. The van der Waals surface area contributed by atoms with Crippen LogP contribution < -0.4 is 16.0 Å². The lowest BCUT2D eigenvalue weighted by molar-refractivity contribution is 0.0529. The van der Waals surface area contributed by atoms with Crippen LogP contribution in [0.4, 0.5) is 4.79 Å². The molecule has 1 fully saturated rings. The van der Waals surface area contributed by atoms with E-state index in [2.05, 4.69) is 32.8 Å². The molecule has 0 radical (unpaired) electrons. The maximum absolute atomic E-state index is 11.6. The number of hydrogen-bond acceptors (Lipinski definition) is 4. The van der Waals surface area contributed by atoms with E-state index in [-0.39, 0.29) is 24.0 Å². The normalized spacial score (nSPS) is 18.2. The molecule has 3 N–H and O–H groups in total. The summed E-state index contributed by atoms with van der Waals surface area (Å²) < 4.78 is 5.21. The zero-order valence-electron chi connectivity index (χ0n) is 18.5. The summed E-state index contributed by atoms with van der Waals surface area (Å²) in [6.07, 6.45) is 4.61. The molecule has 0 aromatic rings. The Morgan fingerprint density at radius 1 is 1.18 bits per heavy atom. The van der Waals surface area contributed by atoms with E-state index in [0.717, 1.165) is 31.4 Å². The van der Waals surface area contributed by atoms with Gasteiger partial charge in [0, 0.05) is 32.7 Å². The number of halogens is 1. The van der Waals surface area contributed by atoms with E-state index in [1.807, 2.05) is 27.7 Å². The quantitative estimate of drug-likeness (QED) is 0.192. The molecule has 1 rings (SSSR count). The Labute approximate surface area is 188 Å². The number of aliphatic imine (C=N–C) groups is 1. The molecular formula is C20H42IN5O2. The fourth-order valence-electron chi connectivity index (χ4n) is 3.13. The first-order chi connectivity index (χ1) is 12.8. The van der Waals surface area contributed by atoms with Gasteiger partial charge in [-0.25, -0.2) is 4.79 Å². The number of nitrogens with zero attached hydrogens (tertiary/aromatic N) is 2. The highest BCUT2D eigenvalue weighted by Crippen LogP contribution is 2.15. The Hall–Kier alpha value is -0.770. The number of rotatable bonds is 9. The number of nitrogens with one attached hydrogen (secondary N) is 3. The van der Waals surface area contributed by atoms with Crippen LogP contribution in [0.1, 0.15) is 60.3 Å². The molecule has 1 atom stereocenters. The van der Waals surface area contributed by atoms with Crippen LogP contribution in [0.2, 0.25) is 0 Å². The summed E-state index contributed by atoms with van der Waals surface area (Å²) in [5.74, 6) is 1.64. The van der Waals surface area contributed by atoms with Crippen LogP contribution in [0.25, 0.3) is 0 Å². The third-order valence-corrected chi connectivity index (χ3v) is 4.32. The molecule has 0 bridgehead atoms. The fourth-order valence-corrected chi connectivity index (χ4v) is 3.13. The molecule has 1 amide bonds. The third-order valence-electron chi connectivity index (χ3n) is 4.32. The lowest BCUT2D eigenvalue weighted by Crippen LogP contribution is -2.42. The number of hydrogen-bond donors (Lipinski definition) is 3. The Balaban J connectivity index is 0.00000729. The monoisotopic (exact) mass is 511 g/mol. The number of unbranched alkanes of at least 4 members (excludes halogenated alkanes) is 1. The van der Waals surface area contributed by atoms with Crippen molar-refractivity contribution < 1.29 is 9.53 Å². The van der Waals surface area contributed by atoms with E-state index in [1.165, 1.54) is 38.9 Å². The summed E-state index contributed by atoms with van der Waals surface area (Å²) in [5, 5.41) is 9.22. The van der Waals surface area contributed by atoms with Gasteiger partial charge in [0.25, 0.3) is 0 Å². The zero-order chi connectivity index (χ0) is 20.1. The fraction of sp³-hybridized carbons (Fsp3) is 0.900. The number of ether oxygens (including phenoxy) is 1. The molecule has 8 heteroatoms. The smallest absolute Gasteiger partial charge is 0.407 e. The molecule has 0 aromatic heterocycles. The summed E-state index contributed by atoms with van der Waals surface area (Å²) in [4.78, 5) is 18.8. The molecule has 1 unspecified atom stereocenters. The molecule has 0 aliphatic carbocycles. The molecule has 0 spiro atoms. The van der Waals surface area contributed by atoms with Crippen LogP contribution in [0.3, 0.4) is 0 Å². The number of alkyl carbamates (subject to hydrolysis) is 1. The molecular weight excluding hydrogens is 469 g/mol. The van der Waals surface area contributed by atoms with Crippen molar-refractivity contribution in [3.8, 4) is 0 Å². The van der Waals surface area contributed by atoms with E-state index >= 15 is 0 Å². The SMILES string of the molecule is CCNC(=NCCCCN1CCCC(C)C1)NCCNC(=O)OC(C)(C)C.I. The summed E-state index contributed by atoms with van der Waals surface area (Å²) in [6, 6.07) is 0. The minimum absolute atomic E-state index is 0. The first kappa shape index (κ1) is 27.2. The van der Waals surface area contributed by atoms with E-state index < -0.39 is 11.7 Å². The molecule has 1 heterocycles. The van der Waals surface area contributed by atoms with Crippen LogP contribution in [0.5, 0.6) is 0 Å². The number of piperidine rings is 1. The van der Waals surface area contributed by atoms with Gasteiger partial charge in [-0.1, -0.05) is 6.92 Å². The van der Waals surface area contributed by atoms with Gasteiger partial charge in [0.05, 0.1) is 0 Å². The van der Waals surface area contributed by atoms with Crippen LogP contribution >= 0.6 is 24.0 Å². The summed E-state index contributed by atoms with van der Waals surface area (Å²) in [7, 11) is 0. The van der Waals surface area contributed by atoms with Gasteiger partial charge in [-0.05, 0) is 72.4 Å². The average Bonchev–Trinajstić information content (AvgIpc) is 2.56. The molecule has 0 saturated carbocycles. The lowest BCUT2D eigenvalue weighted by atomic mass is 10.0. The number of carbonyl (C=O) groups is 1. The minimum atomic E-state index is -0.472. The van der Waals surface area contributed by atoms with Crippen molar-refractivity contribution in [1.82, 2.24) is 20.9 Å². The van der Waals surface area contributed by atoms with Gasteiger partial charge < -0.3 is 25.6 Å². The molecule has 1 aliphatic rings. The van der Waals surface area contributed by atoms with Crippen LogP contribution in [-0.4, -0.2) is 68.4 Å². The molecule has 1 saturated heterocycles. The van der Waals surface area contributed by atoms with Gasteiger partial charge in [-0.2, -0.15) is 0 Å². The van der Waals surface area contributed by atoms with Crippen molar-refractivity contribution >= 4 is 36.0 Å². The second kappa shape index (κ2) is 15.1. The van der Waals surface area contributed by atoms with Crippen molar-refractivity contribution in [2.24, 2.45) is 10.9 Å². The highest BCUT2D eigenvalue weighted by atomic mass is 127. The van der Waals surface area contributed by atoms with Crippen molar-refractivity contribution in [3.63, 3.8) is 0 Å². The maximum Gasteiger partial charge on any atom is 0.407 e. The molecule has 28 heavy (non-hydrogen) atoms. The van der Waals surface area contributed by atoms with Gasteiger partial charge in [-0.3, -0.25) is 4.99 Å². The molecule has 1 aliphatic heterocycles. The Morgan fingerprint density at radius 2 is 1.89 bits per heavy atom. The molecule has 7 nitrogen and oxygen atoms in total. The van der Waals surface area contributed by atoms with Crippen LogP contribution in [-0.2, 0) is 4.74 Å². The lowest BCUT2D eigenvalue weighted by Gasteiger charge is -2.30. The predicted molar refractivity (Wildman–Crippen MR) is 128 cm³/mol. The number of guanidine groups is 1. The second-order valence-electron chi connectivity index (χ2n) is 8.37. The van der Waals surface area contributed by atoms with Crippen LogP contribution in [0, 0.1) is 5.92 Å².